The van der Waals surface area contributed by atoms with Gasteiger partial charge in [-0.1, -0.05) is 81.4 Å². The molecule has 0 saturated heterocycles. The summed E-state index contributed by atoms with van der Waals surface area (Å²) in [6.45, 7) is 6.73. The van der Waals surface area contributed by atoms with Crippen LogP contribution >= 0.6 is 0 Å². The van der Waals surface area contributed by atoms with Crippen LogP contribution in [0.3, 0.4) is 0 Å². The molecule has 0 bridgehead atoms. The van der Waals surface area contributed by atoms with Crippen molar-refractivity contribution in [3.63, 3.8) is 0 Å². The number of hydrogen-bond acceptors (Lipinski definition) is 1. The lowest BCUT2D eigenvalue weighted by Crippen LogP contribution is -2.10. The highest BCUT2D eigenvalue weighted by atomic mass is 15.3. The third kappa shape index (κ3) is 2.85. The van der Waals surface area contributed by atoms with E-state index in [9.17, 15) is 0 Å². The second kappa shape index (κ2) is 5.89. The third-order valence-electron chi connectivity index (χ3n) is 4.60. The van der Waals surface area contributed by atoms with Gasteiger partial charge >= 0.3 is 0 Å². The minimum absolute atomic E-state index is 0.153. The van der Waals surface area contributed by atoms with Crippen LogP contribution < -0.4 is 0 Å². The zero-order chi connectivity index (χ0) is 17.4. The average molecular weight is 326 g/mol. The highest BCUT2D eigenvalue weighted by molar-refractivity contribution is 5.94. The van der Waals surface area contributed by atoms with Crippen LogP contribution in [-0.4, -0.2) is 9.78 Å². The van der Waals surface area contributed by atoms with E-state index in [4.69, 9.17) is 5.10 Å². The van der Waals surface area contributed by atoms with Gasteiger partial charge in [-0.25, -0.2) is 4.68 Å². The van der Waals surface area contributed by atoms with Crippen LogP contribution in [0.4, 0.5) is 0 Å². The van der Waals surface area contributed by atoms with E-state index < -0.39 is 0 Å². The molecule has 0 radical (unpaired) electrons. The van der Waals surface area contributed by atoms with E-state index >= 15 is 0 Å². The molecule has 0 amide bonds. The smallest absolute Gasteiger partial charge is 0.0934 e. The number of rotatable bonds is 2. The standard InChI is InChI=1S/C23H22N2/c1-23(2,3)18-15-13-17(14-16-18)22-20-11-7-8-12-21(20)24-25(22)19-9-5-4-6-10-19/h4-16H,1-3H3. The molecular formula is C23H22N2. The lowest BCUT2D eigenvalue weighted by Gasteiger charge is -2.19. The first kappa shape index (κ1) is 15.6. The molecule has 4 rings (SSSR count). The summed E-state index contributed by atoms with van der Waals surface area (Å²) >= 11 is 0. The van der Waals surface area contributed by atoms with Gasteiger partial charge < -0.3 is 0 Å². The molecule has 0 fully saturated rings. The van der Waals surface area contributed by atoms with Crippen LogP contribution in [0, 0.1) is 0 Å². The summed E-state index contributed by atoms with van der Waals surface area (Å²) in [7, 11) is 0. The molecule has 0 spiro atoms. The molecule has 4 aromatic rings. The summed E-state index contributed by atoms with van der Waals surface area (Å²) in [5.74, 6) is 0. The fourth-order valence-electron chi connectivity index (χ4n) is 3.19. The van der Waals surface area contributed by atoms with E-state index in [-0.39, 0.29) is 5.41 Å². The Morgan fingerprint density at radius 1 is 0.720 bits per heavy atom. The molecule has 2 heteroatoms. The Hall–Kier alpha value is -2.87. The fraction of sp³-hybridized carbons (Fsp3) is 0.174. The number of benzene rings is 3. The Bertz CT molecular complexity index is 1000. The van der Waals surface area contributed by atoms with Crippen molar-refractivity contribution in [3.8, 4) is 16.9 Å². The molecule has 3 aromatic carbocycles. The lowest BCUT2D eigenvalue weighted by molar-refractivity contribution is 0.590. The molecule has 124 valence electrons. The third-order valence-corrected chi connectivity index (χ3v) is 4.60. The van der Waals surface area contributed by atoms with Crippen molar-refractivity contribution in [1.82, 2.24) is 9.78 Å². The van der Waals surface area contributed by atoms with Crippen molar-refractivity contribution >= 4 is 10.9 Å². The molecule has 0 aliphatic heterocycles. The van der Waals surface area contributed by atoms with Crippen LogP contribution in [0.15, 0.2) is 78.9 Å². The van der Waals surface area contributed by atoms with E-state index in [2.05, 4.69) is 80.1 Å². The molecule has 25 heavy (non-hydrogen) atoms. The maximum atomic E-state index is 4.85. The Balaban J connectivity index is 1.94. The van der Waals surface area contributed by atoms with Gasteiger partial charge in [-0.2, -0.15) is 5.10 Å². The van der Waals surface area contributed by atoms with E-state index in [1.807, 2.05) is 24.3 Å². The van der Waals surface area contributed by atoms with Crippen molar-refractivity contribution in [2.75, 3.05) is 0 Å². The molecule has 0 unspecified atom stereocenters. The average Bonchev–Trinajstić information content (AvgIpc) is 3.01. The van der Waals surface area contributed by atoms with Crippen LogP contribution in [-0.2, 0) is 5.41 Å². The van der Waals surface area contributed by atoms with Crippen molar-refractivity contribution in [2.24, 2.45) is 0 Å². The summed E-state index contributed by atoms with van der Waals surface area (Å²) in [5, 5.41) is 6.02. The van der Waals surface area contributed by atoms with Crippen molar-refractivity contribution in [2.45, 2.75) is 26.2 Å². The molecule has 0 atom stereocenters. The number of para-hydroxylation sites is 1. The summed E-state index contributed by atoms with van der Waals surface area (Å²) in [4.78, 5) is 0. The predicted molar refractivity (Wildman–Crippen MR) is 105 cm³/mol. The SMILES string of the molecule is CC(C)(C)c1ccc(-c2c3ccccc3nn2-c2ccccc2)cc1. The largest absolute Gasteiger partial charge is 0.232 e. The van der Waals surface area contributed by atoms with Gasteiger partial charge in [-0.15, -0.1) is 0 Å². The van der Waals surface area contributed by atoms with Crippen LogP contribution in [0.1, 0.15) is 26.3 Å². The second-order valence-corrected chi connectivity index (χ2v) is 7.44. The molecule has 1 heterocycles. The van der Waals surface area contributed by atoms with Gasteiger partial charge in [-0.05, 0) is 29.2 Å². The van der Waals surface area contributed by atoms with Gasteiger partial charge in [0, 0.05) is 10.9 Å². The number of nitrogens with zero attached hydrogens (tertiary/aromatic N) is 2. The van der Waals surface area contributed by atoms with Gasteiger partial charge in [0.1, 0.15) is 0 Å². The van der Waals surface area contributed by atoms with Gasteiger partial charge in [0.05, 0.1) is 16.9 Å². The van der Waals surface area contributed by atoms with E-state index in [0.717, 1.165) is 16.9 Å². The number of hydrogen-bond donors (Lipinski definition) is 0. The predicted octanol–water partition coefficient (Wildman–Crippen LogP) is 5.99. The van der Waals surface area contributed by atoms with E-state index in [1.54, 1.807) is 0 Å². The topological polar surface area (TPSA) is 17.8 Å². The summed E-state index contributed by atoms with van der Waals surface area (Å²) < 4.78 is 2.05. The quantitative estimate of drug-likeness (QED) is 0.442. The van der Waals surface area contributed by atoms with Crippen molar-refractivity contribution in [1.29, 1.82) is 0 Å². The van der Waals surface area contributed by atoms with Crippen molar-refractivity contribution in [3.05, 3.63) is 84.4 Å². The van der Waals surface area contributed by atoms with Crippen LogP contribution in [0.5, 0.6) is 0 Å². The molecule has 0 aliphatic carbocycles. The maximum Gasteiger partial charge on any atom is 0.0934 e. The molecule has 1 aromatic heterocycles. The van der Waals surface area contributed by atoms with Gasteiger partial charge in [0.25, 0.3) is 0 Å². The van der Waals surface area contributed by atoms with Crippen LogP contribution in [0.2, 0.25) is 0 Å². The fourth-order valence-corrected chi connectivity index (χ4v) is 3.19. The lowest BCUT2D eigenvalue weighted by atomic mass is 9.86. The molecule has 0 saturated carbocycles. The summed E-state index contributed by atoms with van der Waals surface area (Å²) in [6.07, 6.45) is 0. The zero-order valence-corrected chi connectivity index (χ0v) is 14.9. The van der Waals surface area contributed by atoms with Gasteiger partial charge in [-0.3, -0.25) is 0 Å². The highest BCUT2D eigenvalue weighted by Gasteiger charge is 2.17. The highest BCUT2D eigenvalue weighted by Crippen LogP contribution is 2.32. The van der Waals surface area contributed by atoms with E-state index in [0.29, 0.717) is 0 Å². The molecule has 2 nitrogen and oxygen atoms in total. The minimum atomic E-state index is 0.153. The van der Waals surface area contributed by atoms with Crippen LogP contribution in [0.25, 0.3) is 27.8 Å². The Kier molecular flexibility index (Phi) is 3.69. The first-order valence-corrected chi connectivity index (χ1v) is 8.68. The van der Waals surface area contributed by atoms with Gasteiger partial charge in [0.2, 0.25) is 0 Å². The maximum absolute atomic E-state index is 4.85. The Morgan fingerprint density at radius 2 is 1.36 bits per heavy atom. The summed E-state index contributed by atoms with van der Waals surface area (Å²) in [5.41, 5.74) is 5.91. The van der Waals surface area contributed by atoms with E-state index in [1.165, 1.54) is 16.5 Å². The Morgan fingerprint density at radius 3 is 2.04 bits per heavy atom. The van der Waals surface area contributed by atoms with Crippen molar-refractivity contribution < 1.29 is 0 Å². The van der Waals surface area contributed by atoms with Gasteiger partial charge in [0.15, 0.2) is 0 Å². The first-order valence-electron chi connectivity index (χ1n) is 8.68. The number of aromatic nitrogens is 2. The molecule has 0 aliphatic rings. The summed E-state index contributed by atoms with van der Waals surface area (Å²) in [6, 6.07) is 27.5. The monoisotopic (exact) mass is 326 g/mol. The zero-order valence-electron chi connectivity index (χ0n) is 14.9. The number of fused-ring (bicyclic) bond motifs is 1. The first-order chi connectivity index (χ1) is 12.0. The second-order valence-electron chi connectivity index (χ2n) is 7.44. The normalized spacial score (nSPS) is 11.8. The molecule has 0 N–H and O–H groups in total. The minimum Gasteiger partial charge on any atom is -0.232 e. The molecular weight excluding hydrogens is 304 g/mol. The Labute approximate surface area is 148 Å².